The zero-order valence-electron chi connectivity index (χ0n) is 48.3. The van der Waals surface area contributed by atoms with Gasteiger partial charge in [0.2, 0.25) is 0 Å². The first-order chi connectivity index (χ1) is 37.0. The van der Waals surface area contributed by atoms with Crippen molar-refractivity contribution in [1.29, 1.82) is 0 Å². The molecule has 0 aliphatic heterocycles. The normalized spacial score (nSPS) is 13.2. The molecule has 6 nitrogen and oxygen atoms in total. The van der Waals surface area contributed by atoms with Gasteiger partial charge in [-0.2, -0.15) is 0 Å². The van der Waals surface area contributed by atoms with Gasteiger partial charge >= 0.3 is 17.9 Å². The van der Waals surface area contributed by atoms with Crippen LogP contribution in [-0.4, -0.2) is 37.2 Å². The number of hydrogen-bond donors (Lipinski definition) is 0. The summed E-state index contributed by atoms with van der Waals surface area (Å²) in [5.74, 6) is -0.961. The number of unbranched alkanes of at least 4 members (excludes halogenated alkanes) is 18. The summed E-state index contributed by atoms with van der Waals surface area (Å²) in [6.45, 7) is 6.35. The molecule has 0 saturated carbocycles. The van der Waals surface area contributed by atoms with Crippen molar-refractivity contribution in [3.05, 3.63) is 146 Å². The molecule has 0 aromatic heterocycles. The highest BCUT2D eigenvalue weighted by molar-refractivity contribution is 5.71. The molecule has 0 rings (SSSR count). The van der Waals surface area contributed by atoms with E-state index in [1.165, 1.54) is 38.5 Å². The Labute approximate surface area is 461 Å². The van der Waals surface area contributed by atoms with Crippen molar-refractivity contribution in [3.8, 4) is 0 Å². The standard InChI is InChI=1S/C69H110O6/c1-4-7-10-13-16-19-22-25-27-29-31-33-34-36-37-39-41-44-47-50-53-56-59-62-68(71)74-65-66(64-73-67(70)61-58-55-52-49-46-43-24-21-18-15-12-9-6-3)75-69(72)63-60-57-54-51-48-45-42-40-38-35-32-30-28-26-23-20-17-14-11-8-5-2/h7-8,10-11,16-17,19-21,24-28,31-33,35-37,40-42,44,66H,4-6,9,12-15,18,22-23,29-30,34,38-39,43,45-65H2,1-3H3/b10-7-,11-8-,19-16-,20-17-,24-21-,27-25-,28-26-,33-31-,35-32-,37-36-,42-40-,44-41-. The molecule has 75 heavy (non-hydrogen) atoms. The van der Waals surface area contributed by atoms with E-state index in [2.05, 4.69) is 167 Å². The van der Waals surface area contributed by atoms with Crippen LogP contribution in [0.2, 0.25) is 0 Å². The molecule has 0 radical (unpaired) electrons. The van der Waals surface area contributed by atoms with Gasteiger partial charge < -0.3 is 14.2 Å². The van der Waals surface area contributed by atoms with Gasteiger partial charge in [0.15, 0.2) is 6.10 Å². The van der Waals surface area contributed by atoms with Crippen molar-refractivity contribution < 1.29 is 28.6 Å². The van der Waals surface area contributed by atoms with Crippen LogP contribution in [0, 0.1) is 0 Å². The van der Waals surface area contributed by atoms with E-state index in [1.807, 2.05) is 0 Å². The van der Waals surface area contributed by atoms with Crippen LogP contribution in [0.4, 0.5) is 0 Å². The van der Waals surface area contributed by atoms with Gasteiger partial charge in [0, 0.05) is 19.3 Å². The lowest BCUT2D eigenvalue weighted by Crippen LogP contribution is -2.30. The van der Waals surface area contributed by atoms with Crippen molar-refractivity contribution in [2.45, 2.75) is 258 Å². The maximum absolute atomic E-state index is 12.9. The Kier molecular flexibility index (Phi) is 58.0. The average Bonchev–Trinajstić information content (AvgIpc) is 3.41. The van der Waals surface area contributed by atoms with E-state index in [-0.39, 0.29) is 31.1 Å². The number of carbonyl (C=O) groups is 3. The Bertz CT molecular complexity index is 1660. The molecule has 0 N–H and O–H groups in total. The van der Waals surface area contributed by atoms with Crippen LogP contribution in [0.5, 0.6) is 0 Å². The summed E-state index contributed by atoms with van der Waals surface area (Å²) in [4.78, 5) is 38.2. The maximum Gasteiger partial charge on any atom is 0.306 e. The highest BCUT2D eigenvalue weighted by atomic mass is 16.6. The van der Waals surface area contributed by atoms with Crippen LogP contribution in [0.25, 0.3) is 0 Å². The number of esters is 3. The summed E-state index contributed by atoms with van der Waals surface area (Å²) in [5.41, 5.74) is 0. The monoisotopic (exact) mass is 1030 g/mol. The van der Waals surface area contributed by atoms with Gasteiger partial charge in [-0.3, -0.25) is 14.4 Å². The minimum Gasteiger partial charge on any atom is -0.462 e. The second kappa shape index (κ2) is 61.8. The topological polar surface area (TPSA) is 78.9 Å². The third-order valence-corrected chi connectivity index (χ3v) is 12.3. The van der Waals surface area contributed by atoms with Gasteiger partial charge in [-0.15, -0.1) is 0 Å². The molecule has 1 unspecified atom stereocenters. The highest BCUT2D eigenvalue weighted by Crippen LogP contribution is 2.13. The Morgan fingerprint density at radius 3 is 0.827 bits per heavy atom. The molecule has 422 valence electrons. The van der Waals surface area contributed by atoms with Gasteiger partial charge in [0.25, 0.3) is 0 Å². The highest BCUT2D eigenvalue weighted by Gasteiger charge is 2.19. The van der Waals surface area contributed by atoms with E-state index in [4.69, 9.17) is 14.2 Å². The van der Waals surface area contributed by atoms with Crippen molar-refractivity contribution in [2.24, 2.45) is 0 Å². The van der Waals surface area contributed by atoms with Crippen LogP contribution >= 0.6 is 0 Å². The van der Waals surface area contributed by atoms with Crippen LogP contribution in [0.15, 0.2) is 146 Å². The van der Waals surface area contributed by atoms with E-state index in [1.54, 1.807) is 0 Å². The number of allylic oxidation sites excluding steroid dienone is 24. The first-order valence-electron chi connectivity index (χ1n) is 30.3. The molecule has 6 heteroatoms. The van der Waals surface area contributed by atoms with E-state index >= 15 is 0 Å². The molecule has 0 amide bonds. The molecule has 0 spiro atoms. The first-order valence-corrected chi connectivity index (χ1v) is 30.3. The summed E-state index contributed by atoms with van der Waals surface area (Å²) in [5, 5.41) is 0. The first kappa shape index (κ1) is 70.3. The van der Waals surface area contributed by atoms with Gasteiger partial charge in [0.1, 0.15) is 13.2 Å². The molecular weight excluding hydrogens is 925 g/mol. The summed E-state index contributed by atoms with van der Waals surface area (Å²) in [7, 11) is 0. The Hall–Kier alpha value is -4.71. The lowest BCUT2D eigenvalue weighted by molar-refractivity contribution is -0.167. The Balaban J connectivity index is 4.49. The number of rotatable bonds is 53. The zero-order chi connectivity index (χ0) is 54.3. The minimum atomic E-state index is -0.810. The predicted molar refractivity (Wildman–Crippen MR) is 325 cm³/mol. The van der Waals surface area contributed by atoms with E-state index in [0.29, 0.717) is 19.3 Å². The second-order valence-corrected chi connectivity index (χ2v) is 19.5. The van der Waals surface area contributed by atoms with Crippen LogP contribution in [0.1, 0.15) is 252 Å². The van der Waals surface area contributed by atoms with Gasteiger partial charge in [-0.1, -0.05) is 237 Å². The lowest BCUT2D eigenvalue weighted by Gasteiger charge is -2.18. The maximum atomic E-state index is 12.9. The van der Waals surface area contributed by atoms with Crippen molar-refractivity contribution in [2.75, 3.05) is 13.2 Å². The molecule has 1 atom stereocenters. The minimum absolute atomic E-state index is 0.104. The average molecular weight is 1040 g/mol. The quantitative estimate of drug-likeness (QED) is 0.0261. The van der Waals surface area contributed by atoms with E-state index in [0.717, 1.165) is 173 Å². The van der Waals surface area contributed by atoms with Crippen molar-refractivity contribution in [1.82, 2.24) is 0 Å². The summed E-state index contributed by atoms with van der Waals surface area (Å²) < 4.78 is 16.9. The number of carbonyl (C=O) groups excluding carboxylic acids is 3. The largest absolute Gasteiger partial charge is 0.462 e. The summed E-state index contributed by atoms with van der Waals surface area (Å²) in [6.07, 6.45) is 88.3. The smallest absolute Gasteiger partial charge is 0.306 e. The van der Waals surface area contributed by atoms with Crippen LogP contribution in [0.3, 0.4) is 0 Å². The molecule has 0 aliphatic rings. The fraction of sp³-hybridized carbons (Fsp3) is 0.609. The Morgan fingerprint density at radius 1 is 0.280 bits per heavy atom. The number of hydrogen-bond acceptors (Lipinski definition) is 6. The molecule has 0 aliphatic carbocycles. The summed E-state index contributed by atoms with van der Waals surface area (Å²) in [6, 6.07) is 0. The van der Waals surface area contributed by atoms with Crippen molar-refractivity contribution >= 4 is 17.9 Å². The Morgan fingerprint density at radius 2 is 0.520 bits per heavy atom. The molecule has 0 aromatic rings. The summed E-state index contributed by atoms with van der Waals surface area (Å²) >= 11 is 0. The predicted octanol–water partition coefficient (Wildman–Crippen LogP) is 20.8. The third kappa shape index (κ3) is 60.0. The van der Waals surface area contributed by atoms with Crippen LogP contribution < -0.4 is 0 Å². The van der Waals surface area contributed by atoms with Crippen LogP contribution in [-0.2, 0) is 28.6 Å². The molecule has 0 fully saturated rings. The SMILES string of the molecule is CC/C=C\C/C=C\C/C=C\C/C=C\C/C=C\C/C=C\CCCCCCC(=O)OCC(COC(=O)CCCCCCC/C=C\CCCCCC)OC(=O)CCCCCCC/C=C\C/C=C\C/C=C\C/C=C\C/C=C\CC. The molecule has 0 heterocycles. The fourth-order valence-electron chi connectivity index (χ4n) is 7.82. The van der Waals surface area contributed by atoms with Gasteiger partial charge in [-0.25, -0.2) is 0 Å². The fourth-order valence-corrected chi connectivity index (χ4v) is 7.82. The molecule has 0 saturated heterocycles. The third-order valence-electron chi connectivity index (χ3n) is 12.3. The lowest BCUT2D eigenvalue weighted by atomic mass is 10.1. The molecule has 0 aromatic carbocycles. The van der Waals surface area contributed by atoms with Gasteiger partial charge in [-0.05, 0) is 141 Å². The van der Waals surface area contributed by atoms with Gasteiger partial charge in [0.05, 0.1) is 0 Å². The molecule has 0 bridgehead atoms. The number of ether oxygens (including phenoxy) is 3. The van der Waals surface area contributed by atoms with E-state index in [9.17, 15) is 14.4 Å². The second-order valence-electron chi connectivity index (χ2n) is 19.5. The zero-order valence-corrected chi connectivity index (χ0v) is 48.3. The molecular formula is C69H110O6. The van der Waals surface area contributed by atoms with Crippen molar-refractivity contribution in [3.63, 3.8) is 0 Å². The van der Waals surface area contributed by atoms with E-state index < -0.39 is 6.10 Å².